The smallest absolute Gasteiger partial charge is 0.295 e. The molecule has 5 heteroatoms. The van der Waals surface area contributed by atoms with Gasteiger partial charge in [0.15, 0.2) is 0 Å². The SMILES string of the molecule is CCCCSc1ccc2c(c1)C(=O)C(O)(O)C2=O. The summed E-state index contributed by atoms with van der Waals surface area (Å²) >= 11 is 1.59. The molecule has 0 atom stereocenters. The van der Waals surface area contributed by atoms with Gasteiger partial charge in [0.25, 0.3) is 5.79 Å². The lowest BCUT2D eigenvalue weighted by atomic mass is 10.1. The van der Waals surface area contributed by atoms with Gasteiger partial charge in [-0.05, 0) is 30.4 Å². The molecule has 1 aliphatic carbocycles. The van der Waals surface area contributed by atoms with Crippen LogP contribution in [-0.2, 0) is 0 Å². The Labute approximate surface area is 109 Å². The van der Waals surface area contributed by atoms with Gasteiger partial charge in [0.05, 0.1) is 0 Å². The van der Waals surface area contributed by atoms with Crippen molar-refractivity contribution in [3.8, 4) is 0 Å². The summed E-state index contributed by atoms with van der Waals surface area (Å²) < 4.78 is 0. The molecule has 0 spiro atoms. The third-order valence-electron chi connectivity index (χ3n) is 2.88. The van der Waals surface area contributed by atoms with Crippen molar-refractivity contribution in [3.63, 3.8) is 0 Å². The van der Waals surface area contributed by atoms with Crippen LogP contribution in [0.2, 0.25) is 0 Å². The van der Waals surface area contributed by atoms with Crippen molar-refractivity contribution in [2.24, 2.45) is 0 Å². The molecule has 1 aromatic rings. The Morgan fingerprint density at radius 3 is 2.50 bits per heavy atom. The molecule has 0 bridgehead atoms. The highest BCUT2D eigenvalue weighted by molar-refractivity contribution is 7.99. The maximum absolute atomic E-state index is 11.7. The van der Waals surface area contributed by atoms with E-state index in [2.05, 4.69) is 6.92 Å². The van der Waals surface area contributed by atoms with Crippen LogP contribution >= 0.6 is 11.8 Å². The number of Topliss-reactive ketones (excluding diaryl/α,β-unsaturated/α-hetero) is 2. The number of carbonyl (C=O) groups excluding carboxylic acids is 2. The van der Waals surface area contributed by atoms with Crippen LogP contribution in [0.15, 0.2) is 23.1 Å². The number of benzene rings is 1. The Morgan fingerprint density at radius 1 is 1.17 bits per heavy atom. The zero-order valence-corrected chi connectivity index (χ0v) is 10.8. The van der Waals surface area contributed by atoms with Crippen molar-refractivity contribution in [3.05, 3.63) is 29.3 Å². The van der Waals surface area contributed by atoms with Gasteiger partial charge in [-0.2, -0.15) is 0 Å². The molecular weight excluding hydrogens is 252 g/mol. The number of carbonyl (C=O) groups is 2. The topological polar surface area (TPSA) is 74.6 Å². The Morgan fingerprint density at radius 2 is 1.83 bits per heavy atom. The van der Waals surface area contributed by atoms with Crippen LogP contribution in [0.25, 0.3) is 0 Å². The number of rotatable bonds is 4. The largest absolute Gasteiger partial charge is 0.353 e. The average Bonchev–Trinajstić information content (AvgIpc) is 2.52. The van der Waals surface area contributed by atoms with Gasteiger partial charge in [0, 0.05) is 16.0 Å². The van der Waals surface area contributed by atoms with E-state index in [1.165, 1.54) is 6.07 Å². The lowest BCUT2D eigenvalue weighted by Crippen LogP contribution is -2.40. The highest BCUT2D eigenvalue weighted by Crippen LogP contribution is 2.31. The van der Waals surface area contributed by atoms with E-state index in [9.17, 15) is 19.8 Å². The molecule has 0 heterocycles. The molecule has 0 saturated carbocycles. The molecule has 0 aliphatic heterocycles. The first-order valence-electron chi connectivity index (χ1n) is 5.79. The lowest BCUT2D eigenvalue weighted by molar-refractivity contribution is -0.0857. The summed E-state index contributed by atoms with van der Waals surface area (Å²) in [5.41, 5.74) is 0.191. The summed E-state index contributed by atoms with van der Waals surface area (Å²) in [5.74, 6) is -3.82. The monoisotopic (exact) mass is 266 g/mol. The standard InChI is InChI=1S/C13H14O4S/c1-2-3-6-18-8-4-5-9-10(7-8)12(15)13(16,17)11(9)14/h4-5,7,16-17H,2-3,6H2,1H3. The Balaban J connectivity index is 2.27. The molecule has 96 valence electrons. The fourth-order valence-corrected chi connectivity index (χ4v) is 2.85. The fraction of sp³-hybridized carbons (Fsp3) is 0.385. The molecule has 0 amide bonds. The minimum absolute atomic E-state index is 0.0878. The summed E-state index contributed by atoms with van der Waals surface area (Å²) in [4.78, 5) is 24.1. The summed E-state index contributed by atoms with van der Waals surface area (Å²) in [5, 5.41) is 18.8. The number of unbranched alkanes of at least 4 members (excludes halogenated alkanes) is 1. The van der Waals surface area contributed by atoms with Crippen LogP contribution in [0.3, 0.4) is 0 Å². The van der Waals surface area contributed by atoms with Crippen LogP contribution in [0.1, 0.15) is 40.5 Å². The first kappa shape index (κ1) is 13.3. The van der Waals surface area contributed by atoms with Gasteiger partial charge >= 0.3 is 0 Å². The molecule has 0 unspecified atom stereocenters. The highest BCUT2D eigenvalue weighted by Gasteiger charge is 2.50. The fourth-order valence-electron chi connectivity index (χ4n) is 1.81. The van der Waals surface area contributed by atoms with Crippen LogP contribution in [-0.4, -0.2) is 33.3 Å². The molecule has 4 nitrogen and oxygen atoms in total. The number of aliphatic hydroxyl groups is 2. The maximum atomic E-state index is 11.7. The zero-order chi connectivity index (χ0) is 13.3. The van der Waals surface area contributed by atoms with Gasteiger partial charge in [-0.15, -0.1) is 11.8 Å². The van der Waals surface area contributed by atoms with Crippen LogP contribution < -0.4 is 0 Å². The van der Waals surface area contributed by atoms with E-state index in [4.69, 9.17) is 0 Å². The molecule has 0 saturated heterocycles. The third kappa shape index (κ3) is 2.09. The Hall–Kier alpha value is -1.17. The second-order valence-corrected chi connectivity index (χ2v) is 5.41. The van der Waals surface area contributed by atoms with E-state index in [0.717, 1.165) is 23.5 Å². The zero-order valence-electron chi connectivity index (χ0n) is 9.97. The van der Waals surface area contributed by atoms with Gasteiger partial charge in [-0.3, -0.25) is 9.59 Å². The van der Waals surface area contributed by atoms with Crippen molar-refractivity contribution in [1.29, 1.82) is 0 Å². The molecule has 0 radical (unpaired) electrons. The van der Waals surface area contributed by atoms with E-state index >= 15 is 0 Å². The predicted octanol–water partition coefficient (Wildman–Crippen LogP) is 1.64. The second kappa shape index (κ2) is 4.84. The maximum Gasteiger partial charge on any atom is 0.295 e. The average molecular weight is 266 g/mol. The van der Waals surface area contributed by atoms with Crippen molar-refractivity contribution < 1.29 is 19.8 Å². The van der Waals surface area contributed by atoms with E-state index < -0.39 is 17.4 Å². The van der Waals surface area contributed by atoms with Crippen molar-refractivity contribution >= 4 is 23.3 Å². The number of hydrogen-bond acceptors (Lipinski definition) is 5. The first-order valence-corrected chi connectivity index (χ1v) is 6.78. The summed E-state index contributed by atoms with van der Waals surface area (Å²) in [6, 6.07) is 4.77. The second-order valence-electron chi connectivity index (χ2n) is 4.24. The number of fused-ring (bicyclic) bond motifs is 1. The molecule has 0 aromatic heterocycles. The van der Waals surface area contributed by atoms with Crippen molar-refractivity contribution in [1.82, 2.24) is 0 Å². The number of ketones is 2. The van der Waals surface area contributed by atoms with E-state index in [1.807, 2.05) is 0 Å². The first-order chi connectivity index (χ1) is 8.48. The normalized spacial score (nSPS) is 17.1. The minimum atomic E-state index is -2.88. The quantitative estimate of drug-likeness (QED) is 0.375. The van der Waals surface area contributed by atoms with Gasteiger partial charge in [-0.25, -0.2) is 0 Å². The summed E-state index contributed by atoms with van der Waals surface area (Å²) in [6.07, 6.45) is 2.16. The van der Waals surface area contributed by atoms with E-state index in [1.54, 1.807) is 23.9 Å². The summed E-state index contributed by atoms with van der Waals surface area (Å²) in [7, 11) is 0. The van der Waals surface area contributed by atoms with E-state index in [0.29, 0.717) is 0 Å². The lowest BCUT2D eigenvalue weighted by Gasteiger charge is -2.08. The Bertz CT molecular complexity index is 508. The summed E-state index contributed by atoms with van der Waals surface area (Å²) in [6.45, 7) is 2.09. The Kier molecular flexibility index (Phi) is 3.56. The molecule has 1 aliphatic rings. The molecule has 1 aromatic carbocycles. The van der Waals surface area contributed by atoms with E-state index in [-0.39, 0.29) is 11.1 Å². The van der Waals surface area contributed by atoms with Gasteiger partial charge in [0.1, 0.15) is 0 Å². The van der Waals surface area contributed by atoms with Crippen molar-refractivity contribution in [2.75, 3.05) is 5.75 Å². The van der Waals surface area contributed by atoms with Gasteiger partial charge in [-0.1, -0.05) is 13.3 Å². The highest BCUT2D eigenvalue weighted by atomic mass is 32.2. The van der Waals surface area contributed by atoms with Crippen LogP contribution in [0, 0.1) is 0 Å². The molecule has 2 N–H and O–H groups in total. The minimum Gasteiger partial charge on any atom is -0.353 e. The molecule has 18 heavy (non-hydrogen) atoms. The van der Waals surface area contributed by atoms with Gasteiger partial charge < -0.3 is 10.2 Å². The number of thioether (sulfide) groups is 1. The van der Waals surface area contributed by atoms with Crippen LogP contribution in [0.5, 0.6) is 0 Å². The molecule has 0 fully saturated rings. The third-order valence-corrected chi connectivity index (χ3v) is 3.96. The molecular formula is C13H14O4S. The number of hydrogen-bond donors (Lipinski definition) is 2. The van der Waals surface area contributed by atoms with Crippen LogP contribution in [0.4, 0.5) is 0 Å². The predicted molar refractivity (Wildman–Crippen MR) is 67.9 cm³/mol. The molecule has 2 rings (SSSR count). The van der Waals surface area contributed by atoms with Crippen molar-refractivity contribution in [2.45, 2.75) is 30.4 Å². The van der Waals surface area contributed by atoms with Gasteiger partial charge in [0.2, 0.25) is 11.6 Å².